The molecule has 2 aliphatic rings. The molecule has 1 atom stereocenters. The van der Waals surface area contributed by atoms with Gasteiger partial charge in [0.1, 0.15) is 5.82 Å². The molecule has 0 aromatic carbocycles. The van der Waals surface area contributed by atoms with Crippen LogP contribution in [-0.4, -0.2) is 63.6 Å². The number of aromatic nitrogens is 1. The van der Waals surface area contributed by atoms with Crippen LogP contribution in [0.5, 0.6) is 0 Å². The first-order valence-corrected chi connectivity index (χ1v) is 11.5. The highest BCUT2D eigenvalue weighted by atomic mass is 16.5. The number of pyridine rings is 1. The second-order valence-corrected chi connectivity index (χ2v) is 8.65. The summed E-state index contributed by atoms with van der Waals surface area (Å²) in [5.74, 6) is 1.90. The van der Waals surface area contributed by atoms with Gasteiger partial charge in [0.15, 0.2) is 5.96 Å². The lowest BCUT2D eigenvalue weighted by molar-refractivity contribution is 0.0529. The fraction of sp³-hybridized carbons (Fsp3) is 0.739. The van der Waals surface area contributed by atoms with Gasteiger partial charge >= 0.3 is 0 Å². The summed E-state index contributed by atoms with van der Waals surface area (Å²) in [5, 5.41) is 6.97. The number of guanidine groups is 1. The summed E-state index contributed by atoms with van der Waals surface area (Å²) in [6.45, 7) is 10.0. The van der Waals surface area contributed by atoms with Crippen molar-refractivity contribution < 1.29 is 9.47 Å². The average molecular weight is 418 g/mol. The van der Waals surface area contributed by atoms with E-state index in [1.807, 2.05) is 6.20 Å². The molecule has 1 unspecified atom stereocenters. The van der Waals surface area contributed by atoms with Gasteiger partial charge in [-0.05, 0) is 50.2 Å². The zero-order valence-corrected chi connectivity index (χ0v) is 19.0. The zero-order valence-electron chi connectivity index (χ0n) is 19.0. The molecule has 1 saturated carbocycles. The van der Waals surface area contributed by atoms with Gasteiger partial charge in [-0.15, -0.1) is 0 Å². The minimum atomic E-state index is 0.255. The summed E-state index contributed by atoms with van der Waals surface area (Å²) in [7, 11) is 1.79. The number of hydrogen-bond acceptors (Lipinski definition) is 5. The van der Waals surface area contributed by atoms with Gasteiger partial charge in [-0.25, -0.2) is 9.98 Å². The van der Waals surface area contributed by atoms with E-state index in [1.165, 1.54) is 25.7 Å². The Morgan fingerprint density at radius 3 is 2.83 bits per heavy atom. The van der Waals surface area contributed by atoms with Crippen LogP contribution in [0.1, 0.15) is 51.5 Å². The van der Waals surface area contributed by atoms with Crippen LogP contribution in [0.25, 0.3) is 0 Å². The molecule has 3 rings (SSSR count). The molecule has 1 saturated heterocycles. The van der Waals surface area contributed by atoms with Crippen molar-refractivity contribution in [2.24, 2.45) is 10.4 Å². The van der Waals surface area contributed by atoms with Crippen molar-refractivity contribution in [1.82, 2.24) is 15.6 Å². The van der Waals surface area contributed by atoms with Crippen LogP contribution in [0.4, 0.5) is 5.82 Å². The Balaban J connectivity index is 1.56. The maximum atomic E-state index is 5.62. The molecule has 0 radical (unpaired) electrons. The molecule has 1 aromatic rings. The van der Waals surface area contributed by atoms with E-state index in [-0.39, 0.29) is 6.10 Å². The molecular formula is C23H39N5O2. The average Bonchev–Trinajstić information content (AvgIpc) is 3.24. The number of rotatable bonds is 9. The molecule has 0 amide bonds. The Morgan fingerprint density at radius 1 is 1.33 bits per heavy atom. The summed E-state index contributed by atoms with van der Waals surface area (Å²) in [6, 6.07) is 4.23. The number of aliphatic imine (C=N–C) groups is 1. The Labute approximate surface area is 181 Å². The smallest absolute Gasteiger partial charge is 0.191 e. The van der Waals surface area contributed by atoms with Crippen LogP contribution < -0.4 is 15.5 Å². The molecule has 30 heavy (non-hydrogen) atoms. The molecule has 0 bridgehead atoms. The van der Waals surface area contributed by atoms with Crippen LogP contribution >= 0.6 is 0 Å². The van der Waals surface area contributed by atoms with E-state index >= 15 is 0 Å². The zero-order chi connectivity index (χ0) is 21.2. The predicted octanol–water partition coefficient (Wildman–Crippen LogP) is 2.96. The largest absolute Gasteiger partial charge is 0.385 e. The third-order valence-electron chi connectivity index (χ3n) is 6.27. The molecule has 7 heteroatoms. The Hall–Kier alpha value is -1.86. The number of nitrogens with one attached hydrogen (secondary N) is 2. The predicted molar refractivity (Wildman–Crippen MR) is 122 cm³/mol. The molecule has 2 heterocycles. The topological polar surface area (TPSA) is 71.0 Å². The fourth-order valence-electron chi connectivity index (χ4n) is 4.47. The first-order valence-electron chi connectivity index (χ1n) is 11.5. The second-order valence-electron chi connectivity index (χ2n) is 8.65. The third kappa shape index (κ3) is 6.57. The van der Waals surface area contributed by atoms with Crippen molar-refractivity contribution in [2.75, 3.05) is 51.4 Å². The van der Waals surface area contributed by atoms with Gasteiger partial charge in [0.2, 0.25) is 0 Å². The van der Waals surface area contributed by atoms with Crippen molar-refractivity contribution in [1.29, 1.82) is 0 Å². The van der Waals surface area contributed by atoms with Gasteiger partial charge in [-0.3, -0.25) is 0 Å². The minimum absolute atomic E-state index is 0.255. The van der Waals surface area contributed by atoms with Gasteiger partial charge in [0.05, 0.1) is 19.3 Å². The monoisotopic (exact) mass is 417 g/mol. The van der Waals surface area contributed by atoms with Crippen molar-refractivity contribution in [3.05, 3.63) is 23.9 Å². The Morgan fingerprint density at radius 2 is 2.17 bits per heavy atom. The summed E-state index contributed by atoms with van der Waals surface area (Å²) < 4.78 is 11.0. The summed E-state index contributed by atoms with van der Waals surface area (Å²) in [5.41, 5.74) is 1.46. The highest BCUT2D eigenvalue weighted by molar-refractivity contribution is 5.79. The van der Waals surface area contributed by atoms with Crippen LogP contribution in [0, 0.1) is 5.41 Å². The van der Waals surface area contributed by atoms with Gasteiger partial charge in [-0.2, -0.15) is 0 Å². The van der Waals surface area contributed by atoms with Crippen LogP contribution in [0.15, 0.2) is 23.3 Å². The molecular weight excluding hydrogens is 378 g/mol. The number of methoxy groups -OCH3 is 1. The molecule has 0 spiro atoms. The maximum Gasteiger partial charge on any atom is 0.191 e. The van der Waals surface area contributed by atoms with E-state index in [4.69, 9.17) is 14.5 Å². The second kappa shape index (κ2) is 11.5. The lowest BCUT2D eigenvalue weighted by atomic mass is 9.83. The lowest BCUT2D eigenvalue weighted by Gasteiger charge is -2.32. The molecule has 7 nitrogen and oxygen atoms in total. The number of ether oxygens (including phenoxy) is 2. The molecule has 1 aromatic heterocycles. The van der Waals surface area contributed by atoms with E-state index in [0.29, 0.717) is 12.0 Å². The minimum Gasteiger partial charge on any atom is -0.385 e. The summed E-state index contributed by atoms with van der Waals surface area (Å²) in [4.78, 5) is 11.7. The van der Waals surface area contributed by atoms with Crippen LogP contribution in [0.2, 0.25) is 0 Å². The molecule has 2 fully saturated rings. The van der Waals surface area contributed by atoms with Gasteiger partial charge < -0.3 is 25.0 Å². The van der Waals surface area contributed by atoms with Gasteiger partial charge in [0, 0.05) is 46.1 Å². The molecule has 1 aliphatic carbocycles. The number of nitrogens with zero attached hydrogens (tertiary/aromatic N) is 3. The van der Waals surface area contributed by atoms with Crippen molar-refractivity contribution in [3.8, 4) is 0 Å². The van der Waals surface area contributed by atoms with Gasteiger partial charge in [-0.1, -0.05) is 18.9 Å². The van der Waals surface area contributed by atoms with Crippen molar-refractivity contribution in [3.63, 3.8) is 0 Å². The van der Waals surface area contributed by atoms with E-state index in [2.05, 4.69) is 46.5 Å². The maximum absolute atomic E-state index is 5.62. The quantitative estimate of drug-likeness (QED) is 0.476. The van der Waals surface area contributed by atoms with Gasteiger partial charge in [0.25, 0.3) is 0 Å². The molecule has 2 N–H and O–H groups in total. The Kier molecular flexibility index (Phi) is 8.75. The van der Waals surface area contributed by atoms with E-state index < -0.39 is 0 Å². The summed E-state index contributed by atoms with van der Waals surface area (Å²) >= 11 is 0. The SMILES string of the molecule is CCNC(=NCc1ccc(N2CCOC(C)C2)nc1)NCC1(CCOC)CCCC1. The standard InChI is InChI=1S/C23H39N5O2/c1-4-24-22(27-18-23(11-13-29-3)9-5-6-10-23)26-16-20-7-8-21(25-15-20)28-12-14-30-19(2)17-28/h7-8,15,19H,4-6,9-14,16-18H2,1-3H3,(H2,24,26,27). The highest BCUT2D eigenvalue weighted by Crippen LogP contribution is 2.40. The van der Waals surface area contributed by atoms with Crippen LogP contribution in [-0.2, 0) is 16.0 Å². The summed E-state index contributed by atoms with van der Waals surface area (Å²) in [6.07, 6.45) is 8.49. The highest BCUT2D eigenvalue weighted by Gasteiger charge is 2.33. The molecule has 168 valence electrons. The first kappa shape index (κ1) is 22.8. The Bertz CT molecular complexity index is 658. The lowest BCUT2D eigenvalue weighted by Crippen LogP contribution is -2.43. The van der Waals surface area contributed by atoms with Crippen molar-refractivity contribution in [2.45, 2.75) is 58.6 Å². The van der Waals surface area contributed by atoms with Crippen molar-refractivity contribution >= 4 is 11.8 Å². The third-order valence-corrected chi connectivity index (χ3v) is 6.27. The van der Waals surface area contributed by atoms with E-state index in [1.54, 1.807) is 7.11 Å². The number of morpholine rings is 1. The van der Waals surface area contributed by atoms with Crippen LogP contribution in [0.3, 0.4) is 0 Å². The fourth-order valence-corrected chi connectivity index (χ4v) is 4.47. The number of hydrogen-bond donors (Lipinski definition) is 2. The number of anilines is 1. The normalized spacial score (nSPS) is 21.6. The van der Waals surface area contributed by atoms with E-state index in [9.17, 15) is 0 Å². The first-order chi connectivity index (χ1) is 14.6. The molecule has 1 aliphatic heterocycles. The van der Waals surface area contributed by atoms with E-state index in [0.717, 1.165) is 63.2 Å².